The first-order valence-corrected chi connectivity index (χ1v) is 8.07. The SMILES string of the molecule is CCC(=O)[C@H]1CC(=O)N(Cc2ccccc2)c2ccc(C)cc21. The number of amides is 1. The molecule has 0 saturated heterocycles. The summed E-state index contributed by atoms with van der Waals surface area (Å²) >= 11 is 0. The lowest BCUT2D eigenvalue weighted by Gasteiger charge is -2.34. The van der Waals surface area contributed by atoms with Gasteiger partial charge in [-0.1, -0.05) is 55.0 Å². The van der Waals surface area contributed by atoms with Gasteiger partial charge in [0.05, 0.1) is 12.5 Å². The van der Waals surface area contributed by atoms with Crippen LogP contribution in [0.3, 0.4) is 0 Å². The van der Waals surface area contributed by atoms with E-state index in [4.69, 9.17) is 0 Å². The van der Waals surface area contributed by atoms with Crippen molar-refractivity contribution in [3.05, 3.63) is 65.2 Å². The average molecular weight is 307 g/mol. The van der Waals surface area contributed by atoms with Crippen LogP contribution in [-0.2, 0) is 16.1 Å². The molecule has 23 heavy (non-hydrogen) atoms. The Morgan fingerprint density at radius 3 is 2.61 bits per heavy atom. The van der Waals surface area contributed by atoms with E-state index < -0.39 is 0 Å². The molecule has 1 atom stereocenters. The summed E-state index contributed by atoms with van der Waals surface area (Å²) in [5, 5.41) is 0. The van der Waals surface area contributed by atoms with E-state index in [-0.39, 0.29) is 24.0 Å². The Labute approximate surface area is 136 Å². The minimum absolute atomic E-state index is 0.0250. The third-order valence-electron chi connectivity index (χ3n) is 4.45. The average Bonchev–Trinajstić information content (AvgIpc) is 2.57. The zero-order valence-corrected chi connectivity index (χ0v) is 13.6. The van der Waals surface area contributed by atoms with E-state index >= 15 is 0 Å². The van der Waals surface area contributed by atoms with Crippen LogP contribution >= 0.6 is 0 Å². The largest absolute Gasteiger partial charge is 0.308 e. The third-order valence-corrected chi connectivity index (χ3v) is 4.45. The number of hydrogen-bond acceptors (Lipinski definition) is 2. The van der Waals surface area contributed by atoms with Crippen molar-refractivity contribution in [3.63, 3.8) is 0 Å². The number of anilines is 1. The Bertz CT molecular complexity index is 737. The van der Waals surface area contributed by atoms with Crippen molar-refractivity contribution in [3.8, 4) is 0 Å². The van der Waals surface area contributed by atoms with Crippen LogP contribution < -0.4 is 4.90 Å². The molecule has 118 valence electrons. The molecule has 3 nitrogen and oxygen atoms in total. The van der Waals surface area contributed by atoms with Crippen LogP contribution in [0.4, 0.5) is 5.69 Å². The molecule has 3 heteroatoms. The van der Waals surface area contributed by atoms with Crippen LogP contribution in [-0.4, -0.2) is 11.7 Å². The van der Waals surface area contributed by atoms with Gasteiger partial charge in [-0.05, 0) is 24.1 Å². The molecule has 1 aliphatic heterocycles. The van der Waals surface area contributed by atoms with Gasteiger partial charge in [0.25, 0.3) is 0 Å². The topological polar surface area (TPSA) is 37.4 Å². The first-order chi connectivity index (χ1) is 11.1. The van der Waals surface area contributed by atoms with E-state index in [1.165, 1.54) is 0 Å². The lowest BCUT2D eigenvalue weighted by atomic mass is 9.84. The highest BCUT2D eigenvalue weighted by Crippen LogP contribution is 2.38. The lowest BCUT2D eigenvalue weighted by molar-refractivity contribution is -0.125. The van der Waals surface area contributed by atoms with Crippen LogP contribution in [0.25, 0.3) is 0 Å². The smallest absolute Gasteiger partial charge is 0.228 e. The third kappa shape index (κ3) is 3.04. The van der Waals surface area contributed by atoms with Crippen LogP contribution in [0.1, 0.15) is 42.4 Å². The maximum atomic E-state index is 12.7. The number of hydrogen-bond donors (Lipinski definition) is 0. The van der Waals surface area contributed by atoms with Crippen molar-refractivity contribution >= 4 is 17.4 Å². The molecule has 0 aromatic heterocycles. The van der Waals surface area contributed by atoms with E-state index in [1.54, 1.807) is 0 Å². The zero-order valence-electron chi connectivity index (χ0n) is 13.6. The fourth-order valence-electron chi connectivity index (χ4n) is 3.20. The first kappa shape index (κ1) is 15.5. The van der Waals surface area contributed by atoms with Gasteiger partial charge in [0.1, 0.15) is 5.78 Å². The fraction of sp³-hybridized carbons (Fsp3) is 0.300. The van der Waals surface area contributed by atoms with Crippen molar-refractivity contribution in [2.45, 2.75) is 39.2 Å². The summed E-state index contributed by atoms with van der Waals surface area (Å²) in [5.41, 5.74) is 4.08. The number of Topliss-reactive ketones (excluding diaryl/α,β-unsaturated/α-hetero) is 1. The molecule has 0 spiro atoms. The standard InChI is InChI=1S/C20H21NO2/c1-3-19(22)17-12-20(23)21(13-15-7-5-4-6-8-15)18-10-9-14(2)11-16(17)18/h4-11,17H,3,12-13H2,1-2H3/t17-/m0/s1. The summed E-state index contributed by atoms with van der Waals surface area (Å²) in [4.78, 5) is 26.7. The molecule has 0 radical (unpaired) electrons. The molecule has 3 rings (SSSR count). The number of fused-ring (bicyclic) bond motifs is 1. The van der Waals surface area contributed by atoms with Gasteiger partial charge in [-0.25, -0.2) is 0 Å². The number of ketones is 1. The number of nitrogens with zero attached hydrogens (tertiary/aromatic N) is 1. The minimum atomic E-state index is -0.297. The molecule has 0 aliphatic carbocycles. The number of rotatable bonds is 4. The molecule has 0 fully saturated rings. The van der Waals surface area contributed by atoms with Crippen LogP contribution in [0.2, 0.25) is 0 Å². The fourth-order valence-corrected chi connectivity index (χ4v) is 3.20. The molecule has 1 aliphatic rings. The molecule has 0 N–H and O–H groups in total. The van der Waals surface area contributed by atoms with Gasteiger partial charge in [-0.15, -0.1) is 0 Å². The molecule has 1 heterocycles. The Hall–Kier alpha value is -2.42. The van der Waals surface area contributed by atoms with E-state index in [1.807, 2.05) is 61.2 Å². The summed E-state index contributed by atoms with van der Waals surface area (Å²) in [6, 6.07) is 16.0. The number of benzene rings is 2. The van der Waals surface area contributed by atoms with Gasteiger partial charge >= 0.3 is 0 Å². The normalized spacial score (nSPS) is 17.0. The van der Waals surface area contributed by atoms with Gasteiger partial charge in [0.15, 0.2) is 0 Å². The molecule has 2 aromatic rings. The van der Waals surface area contributed by atoms with Crippen molar-refractivity contribution in [1.29, 1.82) is 0 Å². The van der Waals surface area contributed by atoms with Crippen molar-refractivity contribution < 1.29 is 9.59 Å². The highest BCUT2D eigenvalue weighted by Gasteiger charge is 2.34. The first-order valence-electron chi connectivity index (χ1n) is 8.07. The molecule has 2 aromatic carbocycles. The Kier molecular flexibility index (Phi) is 4.28. The summed E-state index contributed by atoms with van der Waals surface area (Å²) in [5.74, 6) is -0.129. The van der Waals surface area contributed by atoms with Gasteiger partial charge in [-0.2, -0.15) is 0 Å². The summed E-state index contributed by atoms with van der Waals surface area (Å²) in [6.07, 6.45) is 0.736. The number of carbonyl (C=O) groups excluding carboxylic acids is 2. The van der Waals surface area contributed by atoms with Crippen LogP contribution in [0, 0.1) is 6.92 Å². The molecule has 0 bridgehead atoms. The Morgan fingerprint density at radius 1 is 1.17 bits per heavy atom. The Balaban J connectivity index is 2.02. The second-order valence-electron chi connectivity index (χ2n) is 6.10. The maximum Gasteiger partial charge on any atom is 0.228 e. The molecular weight excluding hydrogens is 286 g/mol. The summed E-state index contributed by atoms with van der Waals surface area (Å²) in [6.45, 7) is 4.42. The van der Waals surface area contributed by atoms with Crippen LogP contribution in [0.15, 0.2) is 48.5 Å². The predicted octanol–water partition coefficient (Wildman–Crippen LogP) is 3.99. The Morgan fingerprint density at radius 2 is 1.91 bits per heavy atom. The molecule has 0 saturated carbocycles. The second kappa shape index (κ2) is 6.37. The number of carbonyl (C=O) groups is 2. The van der Waals surface area contributed by atoms with Gasteiger partial charge in [-0.3, -0.25) is 9.59 Å². The zero-order chi connectivity index (χ0) is 16.4. The van der Waals surface area contributed by atoms with Gasteiger partial charge in [0.2, 0.25) is 5.91 Å². The minimum Gasteiger partial charge on any atom is -0.308 e. The van der Waals surface area contributed by atoms with Crippen LogP contribution in [0.5, 0.6) is 0 Å². The van der Waals surface area contributed by atoms with Crippen molar-refractivity contribution in [2.75, 3.05) is 4.90 Å². The van der Waals surface area contributed by atoms with Gasteiger partial charge < -0.3 is 4.90 Å². The van der Waals surface area contributed by atoms with E-state index in [0.29, 0.717) is 13.0 Å². The van der Waals surface area contributed by atoms with E-state index in [2.05, 4.69) is 6.07 Å². The van der Waals surface area contributed by atoms with E-state index in [9.17, 15) is 9.59 Å². The lowest BCUT2D eigenvalue weighted by Crippen LogP contribution is -2.38. The molecular formula is C20H21NO2. The van der Waals surface area contributed by atoms with Crippen molar-refractivity contribution in [1.82, 2.24) is 0 Å². The summed E-state index contributed by atoms with van der Waals surface area (Å²) < 4.78 is 0. The monoisotopic (exact) mass is 307 g/mol. The number of aryl methyl sites for hydroxylation is 1. The second-order valence-corrected chi connectivity index (χ2v) is 6.10. The maximum absolute atomic E-state index is 12.7. The van der Waals surface area contributed by atoms with E-state index in [0.717, 1.165) is 22.4 Å². The predicted molar refractivity (Wildman–Crippen MR) is 91.5 cm³/mol. The molecule has 0 unspecified atom stereocenters. The van der Waals surface area contributed by atoms with Gasteiger partial charge in [0, 0.05) is 18.5 Å². The quantitative estimate of drug-likeness (QED) is 0.856. The van der Waals surface area contributed by atoms with Crippen molar-refractivity contribution in [2.24, 2.45) is 0 Å². The highest BCUT2D eigenvalue weighted by atomic mass is 16.2. The molecule has 1 amide bonds. The summed E-state index contributed by atoms with van der Waals surface area (Å²) in [7, 11) is 0. The highest BCUT2D eigenvalue weighted by molar-refractivity contribution is 6.03.